The van der Waals surface area contributed by atoms with Gasteiger partial charge in [-0.2, -0.15) is 0 Å². The van der Waals surface area contributed by atoms with Gasteiger partial charge in [-0.15, -0.1) is 0 Å². The van der Waals surface area contributed by atoms with E-state index in [1.165, 1.54) is 19.3 Å². The van der Waals surface area contributed by atoms with Gasteiger partial charge in [-0.05, 0) is 43.7 Å². The summed E-state index contributed by atoms with van der Waals surface area (Å²) in [5, 5.41) is 0. The number of carbonyl (C=O) groups excluding carboxylic acids is 1. The quantitative estimate of drug-likeness (QED) is 0.751. The van der Waals surface area contributed by atoms with Crippen LogP contribution in [0.15, 0.2) is 60.7 Å². The average Bonchev–Trinajstić information content (AvgIpc) is 3.25. The van der Waals surface area contributed by atoms with E-state index in [1.807, 2.05) is 60.7 Å². The molecule has 0 saturated carbocycles. The maximum absolute atomic E-state index is 13.0. The molecule has 2 aliphatic heterocycles. The fraction of sp³-hybridized carbons (Fsp3) is 0.435. The lowest BCUT2D eigenvalue weighted by atomic mass is 9.91. The summed E-state index contributed by atoms with van der Waals surface area (Å²) in [6.45, 7) is 2.81. The van der Waals surface area contributed by atoms with Gasteiger partial charge < -0.3 is 4.74 Å². The minimum absolute atomic E-state index is 0.141. The zero-order valence-corrected chi connectivity index (χ0v) is 15.4. The smallest absolute Gasteiger partial charge is 0.317 e. The number of esters is 1. The molecule has 0 bridgehead atoms. The molecule has 0 aromatic heterocycles. The first-order valence-electron chi connectivity index (χ1n) is 9.78. The second kappa shape index (κ2) is 7.63. The van der Waals surface area contributed by atoms with E-state index >= 15 is 0 Å². The topological polar surface area (TPSA) is 29.5 Å². The first-order chi connectivity index (χ1) is 12.7. The summed E-state index contributed by atoms with van der Waals surface area (Å²) in [4.78, 5) is 15.6. The van der Waals surface area contributed by atoms with Gasteiger partial charge in [0.05, 0.1) is 0 Å². The molecule has 2 aliphatic rings. The second-order valence-corrected chi connectivity index (χ2v) is 7.64. The largest absolute Gasteiger partial charge is 0.463 e. The third-order valence-electron chi connectivity index (χ3n) is 6.02. The molecule has 0 spiro atoms. The normalized spacial score (nSPS) is 25.4. The van der Waals surface area contributed by atoms with Crippen molar-refractivity contribution in [3.8, 4) is 0 Å². The van der Waals surface area contributed by atoms with E-state index in [-0.39, 0.29) is 11.9 Å². The molecule has 3 nitrogen and oxygen atoms in total. The third kappa shape index (κ3) is 3.41. The van der Waals surface area contributed by atoms with Gasteiger partial charge in [-0.1, -0.05) is 60.7 Å². The molecular formula is C23H27NO2. The summed E-state index contributed by atoms with van der Waals surface area (Å²) in [6, 6.07) is 21.6. The Morgan fingerprint density at radius 2 is 1.54 bits per heavy atom. The van der Waals surface area contributed by atoms with Gasteiger partial charge in [0.2, 0.25) is 0 Å². The van der Waals surface area contributed by atoms with Gasteiger partial charge in [0, 0.05) is 18.1 Å². The number of benzene rings is 2. The molecule has 26 heavy (non-hydrogen) atoms. The fourth-order valence-corrected chi connectivity index (χ4v) is 4.76. The van der Waals surface area contributed by atoms with Crippen LogP contribution in [0.25, 0.3) is 0 Å². The number of carbonyl (C=O) groups is 1. The third-order valence-corrected chi connectivity index (χ3v) is 6.02. The average molecular weight is 349 g/mol. The summed E-state index contributed by atoms with van der Waals surface area (Å²) >= 11 is 0. The van der Waals surface area contributed by atoms with Gasteiger partial charge in [-0.25, -0.2) is 0 Å². The van der Waals surface area contributed by atoms with Gasteiger partial charge in [0.1, 0.15) is 12.5 Å². The Hall–Kier alpha value is -2.13. The number of hydrogen-bond acceptors (Lipinski definition) is 3. The zero-order chi connectivity index (χ0) is 17.9. The van der Waals surface area contributed by atoms with Crippen molar-refractivity contribution >= 4 is 5.97 Å². The highest BCUT2D eigenvalue weighted by atomic mass is 16.5. The van der Waals surface area contributed by atoms with Gasteiger partial charge in [0.25, 0.3) is 0 Å². The highest BCUT2D eigenvalue weighted by molar-refractivity contribution is 5.82. The number of fused-ring (bicyclic) bond motifs is 1. The van der Waals surface area contributed by atoms with Crippen molar-refractivity contribution < 1.29 is 9.53 Å². The SMILES string of the molecule is CC1CCC2CCC(COC(=O)C(c3ccccc3)c3ccccc3)N12. The number of hydrogen-bond donors (Lipinski definition) is 0. The molecule has 3 heteroatoms. The molecule has 2 fully saturated rings. The van der Waals surface area contributed by atoms with Crippen LogP contribution in [0, 0.1) is 0 Å². The predicted molar refractivity (Wildman–Crippen MR) is 103 cm³/mol. The molecule has 2 heterocycles. The monoisotopic (exact) mass is 349 g/mol. The van der Waals surface area contributed by atoms with Crippen LogP contribution in [-0.2, 0) is 9.53 Å². The molecular weight excluding hydrogens is 322 g/mol. The first-order valence-corrected chi connectivity index (χ1v) is 9.78. The van der Waals surface area contributed by atoms with E-state index in [0.717, 1.165) is 17.5 Å². The number of rotatable bonds is 5. The molecule has 2 saturated heterocycles. The van der Waals surface area contributed by atoms with E-state index in [9.17, 15) is 4.79 Å². The lowest BCUT2D eigenvalue weighted by Crippen LogP contribution is -2.40. The Labute approximate surface area is 156 Å². The van der Waals surface area contributed by atoms with Crippen molar-refractivity contribution in [1.82, 2.24) is 4.90 Å². The van der Waals surface area contributed by atoms with E-state index in [1.54, 1.807) is 0 Å². The second-order valence-electron chi connectivity index (χ2n) is 7.64. The molecule has 0 amide bonds. The van der Waals surface area contributed by atoms with E-state index in [2.05, 4.69) is 11.8 Å². The molecule has 0 N–H and O–H groups in total. The Morgan fingerprint density at radius 1 is 0.962 bits per heavy atom. The molecule has 3 unspecified atom stereocenters. The highest BCUT2D eigenvalue weighted by Crippen LogP contribution is 2.37. The van der Waals surface area contributed by atoms with Crippen LogP contribution in [0.5, 0.6) is 0 Å². The van der Waals surface area contributed by atoms with E-state index in [0.29, 0.717) is 24.7 Å². The predicted octanol–water partition coefficient (Wildman–Crippen LogP) is 4.38. The minimum atomic E-state index is -0.356. The molecule has 136 valence electrons. The molecule has 4 rings (SSSR count). The maximum atomic E-state index is 13.0. The van der Waals surface area contributed by atoms with Crippen LogP contribution in [0.4, 0.5) is 0 Å². The maximum Gasteiger partial charge on any atom is 0.317 e. The Balaban J connectivity index is 1.49. The van der Waals surface area contributed by atoms with Crippen LogP contribution >= 0.6 is 0 Å². The summed E-state index contributed by atoms with van der Waals surface area (Å²) in [5.74, 6) is -0.497. The molecule has 2 aromatic rings. The Kier molecular flexibility index (Phi) is 5.07. The van der Waals surface area contributed by atoms with Crippen molar-refractivity contribution in [2.24, 2.45) is 0 Å². The highest BCUT2D eigenvalue weighted by Gasteiger charge is 2.41. The van der Waals surface area contributed by atoms with Crippen molar-refractivity contribution in [3.63, 3.8) is 0 Å². The minimum Gasteiger partial charge on any atom is -0.463 e. The molecule has 2 aromatic carbocycles. The number of ether oxygens (including phenoxy) is 1. The van der Waals surface area contributed by atoms with Crippen molar-refractivity contribution in [3.05, 3.63) is 71.8 Å². The zero-order valence-electron chi connectivity index (χ0n) is 15.4. The standard InChI is InChI=1S/C23H27NO2/c1-17-12-13-20-14-15-21(24(17)20)16-26-23(25)22(18-8-4-2-5-9-18)19-10-6-3-7-11-19/h2-11,17,20-22H,12-16H2,1H3. The summed E-state index contributed by atoms with van der Waals surface area (Å²) < 4.78 is 5.87. The van der Waals surface area contributed by atoms with Crippen LogP contribution in [0.2, 0.25) is 0 Å². The van der Waals surface area contributed by atoms with Crippen LogP contribution in [0.3, 0.4) is 0 Å². The number of nitrogens with zero attached hydrogens (tertiary/aromatic N) is 1. The van der Waals surface area contributed by atoms with Gasteiger partial charge >= 0.3 is 5.97 Å². The van der Waals surface area contributed by atoms with E-state index < -0.39 is 0 Å². The fourth-order valence-electron chi connectivity index (χ4n) is 4.76. The Morgan fingerprint density at radius 3 is 2.15 bits per heavy atom. The summed E-state index contributed by atoms with van der Waals surface area (Å²) in [7, 11) is 0. The van der Waals surface area contributed by atoms with Crippen LogP contribution in [-0.4, -0.2) is 35.6 Å². The van der Waals surface area contributed by atoms with Gasteiger partial charge in [-0.3, -0.25) is 9.69 Å². The summed E-state index contributed by atoms with van der Waals surface area (Å²) in [5.41, 5.74) is 1.98. The van der Waals surface area contributed by atoms with Crippen molar-refractivity contribution in [2.45, 2.75) is 56.7 Å². The van der Waals surface area contributed by atoms with E-state index in [4.69, 9.17) is 4.74 Å². The summed E-state index contributed by atoms with van der Waals surface area (Å²) in [6.07, 6.45) is 4.95. The molecule has 0 radical (unpaired) electrons. The molecule has 0 aliphatic carbocycles. The van der Waals surface area contributed by atoms with Crippen LogP contribution in [0.1, 0.15) is 49.7 Å². The van der Waals surface area contributed by atoms with Crippen molar-refractivity contribution in [2.75, 3.05) is 6.61 Å². The van der Waals surface area contributed by atoms with Gasteiger partial charge in [0.15, 0.2) is 0 Å². The lowest BCUT2D eigenvalue weighted by Gasteiger charge is -2.28. The van der Waals surface area contributed by atoms with Crippen molar-refractivity contribution in [1.29, 1.82) is 0 Å². The lowest BCUT2D eigenvalue weighted by molar-refractivity contribution is -0.146. The Bertz CT molecular complexity index is 691. The van der Waals surface area contributed by atoms with Crippen LogP contribution < -0.4 is 0 Å². The first kappa shape index (κ1) is 17.3. The molecule has 3 atom stereocenters.